The Bertz CT molecular complexity index is 95.0. The molecule has 1 rings (SSSR count). The van der Waals surface area contributed by atoms with Gasteiger partial charge in [0.2, 0.25) is 0 Å². The highest BCUT2D eigenvalue weighted by Gasteiger charge is 2.21. The Kier molecular flexibility index (Phi) is 1.39. The summed E-state index contributed by atoms with van der Waals surface area (Å²) in [5.74, 6) is 0.731. The maximum absolute atomic E-state index is 9.20. The van der Waals surface area contributed by atoms with Gasteiger partial charge in [-0.25, -0.2) is 0 Å². The summed E-state index contributed by atoms with van der Waals surface area (Å²) < 4.78 is 0. The fourth-order valence-corrected chi connectivity index (χ4v) is 1.06. The number of aliphatic hydroxyl groups excluding tert-OH is 1. The van der Waals surface area contributed by atoms with E-state index in [4.69, 9.17) is 0 Å². The zero-order valence-corrected chi connectivity index (χ0v) is 5.33. The zero-order chi connectivity index (χ0) is 6.15. The van der Waals surface area contributed by atoms with Crippen LogP contribution >= 0.6 is 0 Å². The lowest BCUT2D eigenvalue weighted by Gasteiger charge is -2.11. The molecule has 0 fully saturated rings. The van der Waals surface area contributed by atoms with E-state index in [-0.39, 0.29) is 6.10 Å². The molecule has 0 spiro atoms. The summed E-state index contributed by atoms with van der Waals surface area (Å²) in [7, 11) is 0. The lowest BCUT2D eigenvalue weighted by Crippen LogP contribution is -2.16. The highest BCUT2D eigenvalue weighted by Crippen LogP contribution is 2.22. The maximum Gasteiger partial charge on any atom is 0.0659 e. The smallest absolute Gasteiger partial charge is 0.0659 e. The molecule has 0 aromatic rings. The van der Waals surface area contributed by atoms with Crippen molar-refractivity contribution in [1.29, 1.82) is 0 Å². The van der Waals surface area contributed by atoms with Crippen molar-refractivity contribution >= 4 is 0 Å². The monoisotopic (exact) mass is 112 g/mol. The van der Waals surface area contributed by atoms with Crippen LogP contribution in [0.5, 0.6) is 0 Å². The standard InChI is InChI=1S/C7H12O/c1-5-3-4-6(2)7(5)8/h3-8H,1-2H3/t5-,6-/m1/s1. The normalized spacial score (nSPS) is 38.9. The van der Waals surface area contributed by atoms with Gasteiger partial charge in [0.15, 0.2) is 0 Å². The Labute approximate surface area is 50.0 Å². The van der Waals surface area contributed by atoms with Crippen LogP contribution in [0.2, 0.25) is 0 Å². The van der Waals surface area contributed by atoms with E-state index in [1.54, 1.807) is 0 Å². The summed E-state index contributed by atoms with van der Waals surface area (Å²) in [5, 5.41) is 9.20. The van der Waals surface area contributed by atoms with E-state index in [0.717, 1.165) is 0 Å². The molecular formula is C7H12O. The van der Waals surface area contributed by atoms with Gasteiger partial charge in [0.1, 0.15) is 0 Å². The molecule has 0 saturated heterocycles. The summed E-state index contributed by atoms with van der Waals surface area (Å²) in [6, 6.07) is 0. The van der Waals surface area contributed by atoms with Crippen LogP contribution in [0.25, 0.3) is 0 Å². The van der Waals surface area contributed by atoms with Crippen molar-refractivity contribution in [2.75, 3.05) is 0 Å². The molecule has 1 heteroatoms. The molecule has 8 heavy (non-hydrogen) atoms. The molecule has 0 heterocycles. The molecule has 0 aromatic heterocycles. The Morgan fingerprint density at radius 1 is 1.12 bits per heavy atom. The van der Waals surface area contributed by atoms with Gasteiger partial charge >= 0.3 is 0 Å². The molecule has 46 valence electrons. The van der Waals surface area contributed by atoms with Gasteiger partial charge in [-0.1, -0.05) is 26.0 Å². The van der Waals surface area contributed by atoms with Crippen molar-refractivity contribution < 1.29 is 5.11 Å². The molecule has 2 atom stereocenters. The van der Waals surface area contributed by atoms with Crippen LogP contribution in [-0.2, 0) is 0 Å². The van der Waals surface area contributed by atoms with Crippen LogP contribution in [0.3, 0.4) is 0 Å². The summed E-state index contributed by atoms with van der Waals surface area (Å²) in [5.41, 5.74) is 0. The second-order valence-corrected chi connectivity index (χ2v) is 2.59. The second-order valence-electron chi connectivity index (χ2n) is 2.59. The SMILES string of the molecule is C[C@@H]1C=C[C@@H](C)C1O. The van der Waals surface area contributed by atoms with E-state index in [1.165, 1.54) is 0 Å². The van der Waals surface area contributed by atoms with Crippen molar-refractivity contribution in [3.05, 3.63) is 12.2 Å². The summed E-state index contributed by atoms with van der Waals surface area (Å²) >= 11 is 0. The third-order valence-corrected chi connectivity index (χ3v) is 1.80. The van der Waals surface area contributed by atoms with Crippen LogP contribution in [0, 0.1) is 11.8 Å². The van der Waals surface area contributed by atoms with Crippen molar-refractivity contribution in [3.8, 4) is 0 Å². The van der Waals surface area contributed by atoms with Gasteiger partial charge in [-0.2, -0.15) is 0 Å². The minimum atomic E-state index is -0.130. The van der Waals surface area contributed by atoms with E-state index in [2.05, 4.69) is 12.2 Å². The van der Waals surface area contributed by atoms with E-state index in [0.29, 0.717) is 11.8 Å². The topological polar surface area (TPSA) is 20.2 Å². The molecule has 0 radical (unpaired) electrons. The fraction of sp³-hybridized carbons (Fsp3) is 0.714. The average molecular weight is 112 g/mol. The first-order valence-corrected chi connectivity index (χ1v) is 3.08. The van der Waals surface area contributed by atoms with Gasteiger partial charge in [-0.15, -0.1) is 0 Å². The first-order chi connectivity index (χ1) is 3.72. The molecule has 1 aliphatic carbocycles. The molecule has 0 unspecified atom stereocenters. The Hall–Kier alpha value is -0.300. The largest absolute Gasteiger partial charge is 0.392 e. The van der Waals surface area contributed by atoms with Gasteiger partial charge in [-0.05, 0) is 0 Å². The van der Waals surface area contributed by atoms with Crippen LogP contribution in [0.1, 0.15) is 13.8 Å². The molecule has 0 aliphatic heterocycles. The first-order valence-electron chi connectivity index (χ1n) is 3.08. The molecule has 1 N–H and O–H groups in total. The Balaban J connectivity index is 2.55. The number of hydrogen-bond donors (Lipinski definition) is 1. The van der Waals surface area contributed by atoms with Crippen molar-refractivity contribution in [2.24, 2.45) is 11.8 Å². The number of aliphatic hydroxyl groups is 1. The van der Waals surface area contributed by atoms with Gasteiger partial charge in [0.05, 0.1) is 6.10 Å². The number of rotatable bonds is 0. The Morgan fingerprint density at radius 3 is 1.62 bits per heavy atom. The lowest BCUT2D eigenvalue weighted by molar-refractivity contribution is 0.115. The van der Waals surface area contributed by atoms with Crippen LogP contribution in [-0.4, -0.2) is 11.2 Å². The second kappa shape index (κ2) is 1.90. The molecule has 1 aliphatic rings. The Morgan fingerprint density at radius 2 is 1.50 bits per heavy atom. The van der Waals surface area contributed by atoms with Crippen molar-refractivity contribution in [1.82, 2.24) is 0 Å². The molecule has 0 bridgehead atoms. The van der Waals surface area contributed by atoms with Gasteiger partial charge in [-0.3, -0.25) is 0 Å². The molecular weight excluding hydrogens is 100 g/mol. The lowest BCUT2D eigenvalue weighted by atomic mass is 10.0. The summed E-state index contributed by atoms with van der Waals surface area (Å²) in [6.07, 6.45) is 4.00. The third-order valence-electron chi connectivity index (χ3n) is 1.80. The molecule has 0 saturated carbocycles. The van der Waals surface area contributed by atoms with Crippen LogP contribution < -0.4 is 0 Å². The van der Waals surface area contributed by atoms with E-state index < -0.39 is 0 Å². The van der Waals surface area contributed by atoms with E-state index in [9.17, 15) is 5.11 Å². The predicted molar refractivity (Wildman–Crippen MR) is 33.5 cm³/mol. The average Bonchev–Trinajstić information content (AvgIpc) is 1.98. The van der Waals surface area contributed by atoms with Gasteiger partial charge < -0.3 is 5.11 Å². The minimum absolute atomic E-state index is 0.130. The minimum Gasteiger partial charge on any atom is -0.392 e. The molecule has 0 aromatic carbocycles. The van der Waals surface area contributed by atoms with Gasteiger partial charge in [0, 0.05) is 11.8 Å². The fourth-order valence-electron chi connectivity index (χ4n) is 1.06. The van der Waals surface area contributed by atoms with Crippen molar-refractivity contribution in [3.63, 3.8) is 0 Å². The van der Waals surface area contributed by atoms with Crippen LogP contribution in [0.15, 0.2) is 12.2 Å². The molecule has 1 nitrogen and oxygen atoms in total. The van der Waals surface area contributed by atoms with Crippen molar-refractivity contribution in [2.45, 2.75) is 20.0 Å². The van der Waals surface area contributed by atoms with E-state index >= 15 is 0 Å². The first kappa shape index (κ1) is 5.83. The highest BCUT2D eigenvalue weighted by molar-refractivity contribution is 5.03. The highest BCUT2D eigenvalue weighted by atomic mass is 16.3. The molecule has 0 amide bonds. The quantitative estimate of drug-likeness (QED) is 0.467. The summed E-state index contributed by atoms with van der Waals surface area (Å²) in [4.78, 5) is 0. The van der Waals surface area contributed by atoms with E-state index in [1.807, 2.05) is 13.8 Å². The number of hydrogen-bond acceptors (Lipinski definition) is 1. The zero-order valence-electron chi connectivity index (χ0n) is 5.33. The van der Waals surface area contributed by atoms with Crippen LogP contribution in [0.4, 0.5) is 0 Å². The van der Waals surface area contributed by atoms with Gasteiger partial charge in [0.25, 0.3) is 0 Å². The third kappa shape index (κ3) is 0.781. The maximum atomic E-state index is 9.20. The summed E-state index contributed by atoms with van der Waals surface area (Å²) in [6.45, 7) is 4.06. The predicted octanol–water partition coefficient (Wildman–Crippen LogP) is 1.19.